The van der Waals surface area contributed by atoms with E-state index in [0.717, 1.165) is 43.7 Å². The Morgan fingerprint density at radius 3 is 2.79 bits per heavy atom. The lowest BCUT2D eigenvalue weighted by molar-refractivity contribution is 0.0917. The minimum atomic E-state index is -0.0418. The lowest BCUT2D eigenvalue weighted by Gasteiger charge is -2.34. The number of benzene rings is 1. The maximum absolute atomic E-state index is 13.0. The third kappa shape index (κ3) is 4.07. The molecule has 2 heterocycles. The molecule has 1 saturated carbocycles. The van der Waals surface area contributed by atoms with Crippen molar-refractivity contribution in [2.24, 2.45) is 0 Å². The van der Waals surface area contributed by atoms with Crippen molar-refractivity contribution >= 4 is 29.1 Å². The monoisotopic (exact) mass is 420 g/mol. The zero-order valence-corrected chi connectivity index (χ0v) is 17.6. The Kier molecular flexibility index (Phi) is 5.95. The maximum Gasteiger partial charge on any atom is 0.254 e. The maximum atomic E-state index is 13.0. The van der Waals surface area contributed by atoms with Gasteiger partial charge in [0.2, 0.25) is 0 Å². The molecule has 1 aromatic carbocycles. The second kappa shape index (κ2) is 8.44. The quantitative estimate of drug-likeness (QED) is 0.738. The van der Waals surface area contributed by atoms with E-state index in [0.29, 0.717) is 34.1 Å². The third-order valence-corrected chi connectivity index (χ3v) is 6.34. The Morgan fingerprint density at radius 1 is 1.25 bits per heavy atom. The molecule has 1 saturated heterocycles. The van der Waals surface area contributed by atoms with Crippen molar-refractivity contribution in [3.05, 3.63) is 45.7 Å². The summed E-state index contributed by atoms with van der Waals surface area (Å²) in [5, 5.41) is 8.78. The number of nitrogens with zero attached hydrogens (tertiary/aromatic N) is 3. The number of nitrogens with one attached hydrogen (secondary N) is 1. The van der Waals surface area contributed by atoms with Crippen molar-refractivity contribution in [3.63, 3.8) is 0 Å². The van der Waals surface area contributed by atoms with E-state index in [-0.39, 0.29) is 5.91 Å². The lowest BCUT2D eigenvalue weighted by atomic mass is 10.0. The topological polar surface area (TPSA) is 50.2 Å². The van der Waals surface area contributed by atoms with E-state index in [1.807, 2.05) is 10.7 Å². The SMILES string of the molecule is CCN1CCCCC1CNC(=O)c1cnn(-c2ccc(Cl)cc2Cl)c1C1CC1. The van der Waals surface area contributed by atoms with Gasteiger partial charge in [-0.2, -0.15) is 5.10 Å². The smallest absolute Gasteiger partial charge is 0.254 e. The average Bonchev–Trinajstić information content (AvgIpc) is 3.45. The molecule has 1 aliphatic carbocycles. The van der Waals surface area contributed by atoms with Gasteiger partial charge < -0.3 is 5.32 Å². The molecule has 0 bridgehead atoms. The minimum absolute atomic E-state index is 0.0418. The first-order valence-electron chi connectivity index (χ1n) is 10.1. The Bertz CT molecular complexity index is 862. The predicted octanol–water partition coefficient (Wildman–Crippen LogP) is 4.66. The van der Waals surface area contributed by atoms with Crippen LogP contribution in [0.4, 0.5) is 0 Å². The van der Waals surface area contributed by atoms with Crippen LogP contribution in [0.25, 0.3) is 5.69 Å². The highest BCUT2D eigenvalue weighted by Crippen LogP contribution is 2.43. The molecule has 1 aliphatic heterocycles. The fraction of sp³-hybridized carbons (Fsp3) is 0.524. The van der Waals surface area contributed by atoms with Crippen molar-refractivity contribution in [2.45, 2.75) is 51.0 Å². The Morgan fingerprint density at radius 2 is 2.07 bits per heavy atom. The number of carbonyl (C=O) groups is 1. The molecule has 1 unspecified atom stereocenters. The molecule has 2 aromatic rings. The first kappa shape index (κ1) is 19.7. The van der Waals surface area contributed by atoms with E-state index in [9.17, 15) is 4.79 Å². The summed E-state index contributed by atoms with van der Waals surface area (Å²) >= 11 is 12.4. The van der Waals surface area contributed by atoms with Gasteiger partial charge in [-0.25, -0.2) is 4.68 Å². The summed E-state index contributed by atoms with van der Waals surface area (Å²) in [6, 6.07) is 5.78. The summed E-state index contributed by atoms with van der Waals surface area (Å²) in [6.45, 7) is 5.02. The number of likely N-dealkylation sites (N-methyl/N-ethyl adjacent to an activating group) is 1. The van der Waals surface area contributed by atoms with Gasteiger partial charge in [-0.15, -0.1) is 0 Å². The standard InChI is InChI=1S/C21H26Cl2N4O/c1-2-26-10-4-3-5-16(26)12-24-21(28)17-13-25-27(20(17)14-6-7-14)19-9-8-15(22)11-18(19)23/h8-9,11,13-14,16H,2-7,10,12H2,1H3,(H,24,28). The van der Waals surface area contributed by atoms with Crippen LogP contribution in [0.5, 0.6) is 0 Å². The normalized spacial score (nSPS) is 20.3. The molecule has 7 heteroatoms. The molecule has 150 valence electrons. The highest BCUT2D eigenvalue weighted by Gasteiger charge is 2.33. The molecule has 2 fully saturated rings. The van der Waals surface area contributed by atoms with Crippen molar-refractivity contribution in [2.75, 3.05) is 19.6 Å². The van der Waals surface area contributed by atoms with Gasteiger partial charge in [0, 0.05) is 23.5 Å². The first-order valence-corrected chi connectivity index (χ1v) is 10.9. The van der Waals surface area contributed by atoms with Crippen LogP contribution in [-0.2, 0) is 0 Å². The van der Waals surface area contributed by atoms with Crippen molar-refractivity contribution < 1.29 is 4.79 Å². The van der Waals surface area contributed by atoms with E-state index in [4.69, 9.17) is 23.2 Å². The number of hydrogen-bond acceptors (Lipinski definition) is 3. The van der Waals surface area contributed by atoms with Gasteiger partial charge in [-0.3, -0.25) is 9.69 Å². The molecule has 1 atom stereocenters. The number of carbonyl (C=O) groups excluding carboxylic acids is 1. The van der Waals surface area contributed by atoms with E-state index in [1.165, 1.54) is 12.8 Å². The largest absolute Gasteiger partial charge is 0.350 e. The predicted molar refractivity (Wildman–Crippen MR) is 113 cm³/mol. The van der Waals surface area contributed by atoms with E-state index >= 15 is 0 Å². The van der Waals surface area contributed by atoms with Gasteiger partial charge >= 0.3 is 0 Å². The summed E-state index contributed by atoms with van der Waals surface area (Å²) in [5.41, 5.74) is 2.38. The molecule has 1 amide bonds. The fourth-order valence-corrected chi connectivity index (χ4v) is 4.63. The number of likely N-dealkylation sites (tertiary alicyclic amines) is 1. The number of piperidine rings is 1. The van der Waals surface area contributed by atoms with Crippen LogP contribution < -0.4 is 5.32 Å². The second-order valence-electron chi connectivity index (χ2n) is 7.71. The van der Waals surface area contributed by atoms with E-state index in [1.54, 1.807) is 18.3 Å². The van der Waals surface area contributed by atoms with Crippen LogP contribution in [0.2, 0.25) is 10.0 Å². The lowest BCUT2D eigenvalue weighted by Crippen LogP contribution is -2.46. The molecule has 1 N–H and O–H groups in total. The van der Waals surface area contributed by atoms with Gasteiger partial charge in [0.05, 0.1) is 28.2 Å². The minimum Gasteiger partial charge on any atom is -0.350 e. The highest BCUT2D eigenvalue weighted by atomic mass is 35.5. The average molecular weight is 421 g/mol. The van der Waals surface area contributed by atoms with Crippen molar-refractivity contribution in [1.29, 1.82) is 0 Å². The van der Waals surface area contributed by atoms with Gasteiger partial charge in [0.15, 0.2) is 0 Å². The molecular formula is C21H26Cl2N4O. The zero-order chi connectivity index (χ0) is 19.7. The summed E-state index contributed by atoms with van der Waals surface area (Å²) in [5.74, 6) is 0.316. The molecule has 1 aromatic heterocycles. The van der Waals surface area contributed by atoms with Gasteiger partial charge in [-0.1, -0.05) is 36.5 Å². The van der Waals surface area contributed by atoms with Crippen LogP contribution in [0, 0.1) is 0 Å². The molecule has 0 spiro atoms. The fourth-order valence-electron chi connectivity index (χ4n) is 4.14. The molecule has 4 rings (SSSR count). The molecule has 2 aliphatic rings. The molecule has 5 nitrogen and oxygen atoms in total. The van der Waals surface area contributed by atoms with Crippen molar-refractivity contribution in [1.82, 2.24) is 20.0 Å². The summed E-state index contributed by atoms with van der Waals surface area (Å²) in [4.78, 5) is 15.4. The Labute approximate surface area is 176 Å². The van der Waals surface area contributed by atoms with Gasteiger partial charge in [-0.05, 0) is 57.0 Å². The molecule has 28 heavy (non-hydrogen) atoms. The van der Waals surface area contributed by atoms with Crippen LogP contribution >= 0.6 is 23.2 Å². The van der Waals surface area contributed by atoms with Crippen LogP contribution in [0.15, 0.2) is 24.4 Å². The number of aromatic nitrogens is 2. The Hall–Kier alpha value is -1.56. The van der Waals surface area contributed by atoms with Crippen LogP contribution in [0.3, 0.4) is 0 Å². The second-order valence-corrected chi connectivity index (χ2v) is 8.56. The van der Waals surface area contributed by atoms with E-state index in [2.05, 4.69) is 22.2 Å². The molecular weight excluding hydrogens is 395 g/mol. The van der Waals surface area contributed by atoms with E-state index < -0.39 is 0 Å². The number of amides is 1. The first-order chi connectivity index (χ1) is 13.6. The zero-order valence-electron chi connectivity index (χ0n) is 16.1. The number of halogens is 2. The summed E-state index contributed by atoms with van der Waals surface area (Å²) < 4.78 is 1.81. The summed E-state index contributed by atoms with van der Waals surface area (Å²) in [6.07, 6.45) is 7.44. The van der Waals surface area contributed by atoms with Crippen molar-refractivity contribution in [3.8, 4) is 5.69 Å². The molecule has 0 radical (unpaired) electrons. The highest BCUT2D eigenvalue weighted by molar-refractivity contribution is 6.35. The van der Waals surface area contributed by atoms with Gasteiger partial charge in [0.25, 0.3) is 5.91 Å². The third-order valence-electron chi connectivity index (χ3n) is 5.81. The number of rotatable bonds is 6. The van der Waals surface area contributed by atoms with Crippen LogP contribution in [-0.4, -0.2) is 46.3 Å². The number of hydrogen-bond donors (Lipinski definition) is 1. The summed E-state index contributed by atoms with van der Waals surface area (Å²) in [7, 11) is 0. The Balaban J connectivity index is 1.54. The van der Waals surface area contributed by atoms with Crippen LogP contribution in [0.1, 0.15) is 61.0 Å². The van der Waals surface area contributed by atoms with Gasteiger partial charge in [0.1, 0.15) is 0 Å².